The summed E-state index contributed by atoms with van der Waals surface area (Å²) in [5.74, 6) is -0.139. The summed E-state index contributed by atoms with van der Waals surface area (Å²) in [6.45, 7) is 1.58. The lowest BCUT2D eigenvalue weighted by atomic mass is 10.2. The van der Waals surface area contributed by atoms with Gasteiger partial charge in [0.2, 0.25) is 10.0 Å². The minimum atomic E-state index is -3.72. The van der Waals surface area contributed by atoms with E-state index in [-0.39, 0.29) is 15.8 Å². The van der Waals surface area contributed by atoms with E-state index < -0.39 is 26.8 Å². The number of aromatic carboxylic acids is 1. The van der Waals surface area contributed by atoms with E-state index in [4.69, 9.17) is 5.11 Å². The number of nitrogens with one attached hydrogen (secondary N) is 1. The minimum absolute atomic E-state index is 0.00706. The van der Waals surface area contributed by atoms with Gasteiger partial charge < -0.3 is 5.11 Å². The number of rotatable bonds is 4. The molecule has 2 N–H and O–H groups in total. The van der Waals surface area contributed by atoms with Gasteiger partial charge in [-0.3, -0.25) is 4.21 Å². The van der Waals surface area contributed by atoms with E-state index in [1.807, 2.05) is 0 Å². The maximum absolute atomic E-state index is 12.3. The lowest BCUT2D eigenvalue weighted by molar-refractivity contribution is 0.0702. The van der Waals surface area contributed by atoms with E-state index in [1.54, 1.807) is 6.92 Å². The molecule has 0 saturated carbocycles. The zero-order valence-corrected chi connectivity index (χ0v) is 13.2. The van der Waals surface area contributed by atoms with Crippen LogP contribution in [0.25, 0.3) is 0 Å². The Bertz CT molecular complexity index is 639. The molecule has 6 nitrogen and oxygen atoms in total. The van der Waals surface area contributed by atoms with Crippen molar-refractivity contribution in [2.75, 3.05) is 11.5 Å². The minimum Gasteiger partial charge on any atom is -0.477 e. The normalized spacial score (nSPS) is 23.6. The summed E-state index contributed by atoms with van der Waals surface area (Å²) >= 11 is 0.944. The molecule has 0 spiro atoms. The number of sulfonamides is 1. The molecular formula is C11H15NO5S3. The highest BCUT2D eigenvalue weighted by Crippen LogP contribution is 2.26. The number of hydrogen-bond acceptors (Lipinski definition) is 5. The monoisotopic (exact) mass is 337 g/mol. The Kier molecular flexibility index (Phi) is 4.62. The summed E-state index contributed by atoms with van der Waals surface area (Å²) in [4.78, 5) is 11.4. The molecule has 0 aromatic carbocycles. The first-order valence-corrected chi connectivity index (χ1v) is 9.79. The van der Waals surface area contributed by atoms with E-state index in [1.165, 1.54) is 6.07 Å². The molecule has 1 aliphatic heterocycles. The molecule has 1 fully saturated rings. The number of hydrogen-bond donors (Lipinski definition) is 2. The molecule has 0 radical (unpaired) electrons. The van der Waals surface area contributed by atoms with Crippen molar-refractivity contribution in [3.8, 4) is 0 Å². The van der Waals surface area contributed by atoms with Crippen LogP contribution < -0.4 is 4.72 Å². The number of thiophene rings is 1. The van der Waals surface area contributed by atoms with Gasteiger partial charge in [-0.1, -0.05) is 0 Å². The third-order valence-corrected chi connectivity index (χ3v) is 7.28. The first-order valence-electron chi connectivity index (χ1n) is 6.00. The fourth-order valence-corrected chi connectivity index (χ4v) is 6.07. The quantitative estimate of drug-likeness (QED) is 0.852. The molecule has 0 unspecified atom stereocenters. The summed E-state index contributed by atoms with van der Waals surface area (Å²) in [6, 6.07) is 0.955. The first kappa shape index (κ1) is 15.6. The number of carboxylic acid groups (broad SMARTS) is 1. The topological polar surface area (TPSA) is 101 Å². The molecular weight excluding hydrogens is 322 g/mol. The molecule has 1 saturated heterocycles. The van der Waals surface area contributed by atoms with Crippen LogP contribution >= 0.6 is 11.3 Å². The van der Waals surface area contributed by atoms with Crippen LogP contribution in [-0.2, 0) is 20.8 Å². The van der Waals surface area contributed by atoms with E-state index in [0.29, 0.717) is 29.2 Å². The zero-order valence-electron chi connectivity index (χ0n) is 10.8. The average Bonchev–Trinajstić information content (AvgIpc) is 2.75. The fourth-order valence-electron chi connectivity index (χ4n) is 2.03. The third-order valence-electron chi connectivity index (χ3n) is 3.08. The number of carbonyl (C=O) groups is 1. The van der Waals surface area contributed by atoms with Gasteiger partial charge in [-0.15, -0.1) is 11.3 Å². The van der Waals surface area contributed by atoms with E-state index >= 15 is 0 Å². The van der Waals surface area contributed by atoms with Gasteiger partial charge in [0, 0.05) is 33.2 Å². The van der Waals surface area contributed by atoms with E-state index in [0.717, 1.165) is 11.3 Å². The van der Waals surface area contributed by atoms with Crippen LogP contribution in [0, 0.1) is 6.92 Å². The largest absolute Gasteiger partial charge is 0.477 e. The molecule has 0 aliphatic carbocycles. The Balaban J connectivity index is 2.18. The molecule has 112 valence electrons. The highest BCUT2D eigenvalue weighted by molar-refractivity contribution is 7.89. The highest BCUT2D eigenvalue weighted by atomic mass is 32.2. The van der Waals surface area contributed by atoms with Gasteiger partial charge in [0.15, 0.2) is 0 Å². The standard InChI is InChI=1S/C11H15NO5S3/c1-7-10(6-9(18-7)11(13)14)20(16,17)12-8-2-4-19(15)5-3-8/h6,8,12H,2-5H2,1H3,(H,13,14). The Morgan fingerprint density at radius 3 is 2.55 bits per heavy atom. The molecule has 0 bridgehead atoms. The summed E-state index contributed by atoms with van der Waals surface area (Å²) in [6.07, 6.45) is 1.08. The van der Waals surface area contributed by atoms with Gasteiger partial charge in [-0.25, -0.2) is 17.9 Å². The predicted octanol–water partition coefficient (Wildman–Crippen LogP) is 0.944. The molecule has 1 aromatic rings. The SMILES string of the molecule is Cc1sc(C(=O)O)cc1S(=O)(=O)NC1CCS(=O)CC1. The molecule has 0 atom stereocenters. The molecule has 9 heteroatoms. The van der Waals surface area contributed by atoms with Crippen LogP contribution in [0.5, 0.6) is 0 Å². The zero-order chi connectivity index (χ0) is 14.9. The Morgan fingerprint density at radius 1 is 1.45 bits per heavy atom. The molecule has 20 heavy (non-hydrogen) atoms. The highest BCUT2D eigenvalue weighted by Gasteiger charge is 2.27. The fraction of sp³-hybridized carbons (Fsp3) is 0.545. The summed E-state index contributed by atoms with van der Waals surface area (Å²) < 4.78 is 38.4. The van der Waals surface area contributed by atoms with Gasteiger partial charge in [0.1, 0.15) is 4.88 Å². The summed E-state index contributed by atoms with van der Waals surface area (Å²) in [7, 11) is -4.57. The Labute approximate surface area is 123 Å². The predicted molar refractivity (Wildman–Crippen MR) is 77.2 cm³/mol. The van der Waals surface area contributed by atoms with Crippen LogP contribution in [0.2, 0.25) is 0 Å². The van der Waals surface area contributed by atoms with Crippen molar-refractivity contribution < 1.29 is 22.5 Å². The van der Waals surface area contributed by atoms with Gasteiger partial charge in [0.05, 0.1) is 4.90 Å². The number of aryl methyl sites for hydroxylation is 1. The summed E-state index contributed by atoms with van der Waals surface area (Å²) in [5.41, 5.74) is 0. The Morgan fingerprint density at radius 2 is 2.05 bits per heavy atom. The van der Waals surface area contributed by atoms with Crippen LogP contribution in [0.1, 0.15) is 27.4 Å². The van der Waals surface area contributed by atoms with Crippen molar-refractivity contribution in [2.45, 2.75) is 30.7 Å². The van der Waals surface area contributed by atoms with Crippen molar-refractivity contribution >= 4 is 38.1 Å². The molecule has 0 amide bonds. The summed E-state index contributed by atoms with van der Waals surface area (Å²) in [5, 5.41) is 8.90. The molecule has 1 aromatic heterocycles. The van der Waals surface area contributed by atoms with Crippen LogP contribution in [0.3, 0.4) is 0 Å². The molecule has 2 heterocycles. The number of carboxylic acids is 1. The van der Waals surface area contributed by atoms with Crippen molar-refractivity contribution in [2.24, 2.45) is 0 Å². The maximum Gasteiger partial charge on any atom is 0.345 e. The smallest absolute Gasteiger partial charge is 0.345 e. The van der Waals surface area contributed by atoms with Crippen molar-refractivity contribution in [3.63, 3.8) is 0 Å². The lowest BCUT2D eigenvalue weighted by Crippen LogP contribution is -2.39. The van der Waals surface area contributed by atoms with Gasteiger partial charge in [-0.05, 0) is 25.8 Å². The maximum atomic E-state index is 12.3. The van der Waals surface area contributed by atoms with Crippen molar-refractivity contribution in [1.29, 1.82) is 0 Å². The molecule has 1 aliphatic rings. The Hall–Kier alpha value is -0.770. The van der Waals surface area contributed by atoms with Crippen LogP contribution in [0.4, 0.5) is 0 Å². The van der Waals surface area contributed by atoms with Gasteiger partial charge >= 0.3 is 5.97 Å². The van der Waals surface area contributed by atoms with E-state index in [2.05, 4.69) is 4.72 Å². The second-order valence-corrected chi connectivity index (χ2v) is 9.21. The van der Waals surface area contributed by atoms with Crippen molar-refractivity contribution in [3.05, 3.63) is 15.8 Å². The van der Waals surface area contributed by atoms with Crippen LogP contribution in [0.15, 0.2) is 11.0 Å². The van der Waals surface area contributed by atoms with Crippen LogP contribution in [-0.4, -0.2) is 41.3 Å². The van der Waals surface area contributed by atoms with Crippen molar-refractivity contribution in [1.82, 2.24) is 4.72 Å². The third kappa shape index (κ3) is 3.46. The second-order valence-electron chi connectivity index (χ2n) is 4.58. The molecule has 2 rings (SSSR count). The van der Waals surface area contributed by atoms with E-state index in [9.17, 15) is 17.4 Å². The second kappa shape index (κ2) is 5.92. The van der Waals surface area contributed by atoms with Gasteiger partial charge in [0.25, 0.3) is 0 Å². The first-order chi connectivity index (χ1) is 9.29. The lowest BCUT2D eigenvalue weighted by Gasteiger charge is -2.22. The average molecular weight is 337 g/mol. The van der Waals surface area contributed by atoms with Gasteiger partial charge in [-0.2, -0.15) is 0 Å².